The van der Waals surface area contributed by atoms with Gasteiger partial charge in [-0.05, 0) is 95.2 Å². The van der Waals surface area contributed by atoms with Crippen molar-refractivity contribution in [2.24, 2.45) is 12.5 Å². The van der Waals surface area contributed by atoms with Gasteiger partial charge in [-0.15, -0.1) is 0 Å². The Labute approximate surface area is 212 Å². The minimum Gasteiger partial charge on any atom is -0.201 e. The van der Waals surface area contributed by atoms with E-state index in [1.165, 1.54) is 11.1 Å². The summed E-state index contributed by atoms with van der Waals surface area (Å²) in [7, 11) is 2.06. The van der Waals surface area contributed by atoms with E-state index >= 15 is 0 Å². The monoisotopic (exact) mass is 457 g/mol. The lowest BCUT2D eigenvalue weighted by atomic mass is 9.70. The second-order valence-electron chi connectivity index (χ2n) is 11.4. The summed E-state index contributed by atoms with van der Waals surface area (Å²) in [5, 5.41) is 0. The van der Waals surface area contributed by atoms with Crippen molar-refractivity contribution in [3.63, 3.8) is 0 Å². The van der Waals surface area contributed by atoms with Gasteiger partial charge in [-0.25, -0.2) is 4.57 Å². The minimum atomic E-state index is -0.878. The van der Waals surface area contributed by atoms with Gasteiger partial charge in [0.2, 0.25) is 5.69 Å². The third kappa shape index (κ3) is 4.99. The molecule has 1 heteroatoms. The molecular weight excluding hydrogens is 410 g/mol. The fourth-order valence-corrected chi connectivity index (χ4v) is 5.32. The molecule has 34 heavy (non-hydrogen) atoms. The topological polar surface area (TPSA) is 3.88 Å². The van der Waals surface area contributed by atoms with E-state index in [-0.39, 0.29) is 5.41 Å². The van der Waals surface area contributed by atoms with Crippen LogP contribution < -0.4 is 4.57 Å². The number of benzene rings is 2. The molecule has 0 radical (unpaired) electrons. The predicted molar refractivity (Wildman–Crippen MR) is 146 cm³/mol. The van der Waals surface area contributed by atoms with Crippen molar-refractivity contribution < 1.29 is 8.68 Å². The highest BCUT2D eigenvalue weighted by molar-refractivity contribution is 5.76. The van der Waals surface area contributed by atoms with Crippen LogP contribution in [0.5, 0.6) is 0 Å². The highest BCUT2D eigenvalue weighted by atomic mass is 14.9. The molecule has 180 valence electrons. The van der Waals surface area contributed by atoms with Crippen LogP contribution in [0.4, 0.5) is 0 Å². The molecule has 0 bridgehead atoms. The fraction of sp³-hybridized carbons (Fsp3) is 0.485. The van der Waals surface area contributed by atoms with Gasteiger partial charge >= 0.3 is 0 Å². The summed E-state index contributed by atoms with van der Waals surface area (Å²) in [6.45, 7) is 14.5. The first-order valence-electron chi connectivity index (χ1n) is 14.3. The van der Waals surface area contributed by atoms with Gasteiger partial charge in [0.1, 0.15) is 7.05 Å². The molecule has 0 spiro atoms. The molecule has 2 aromatic carbocycles. The number of hydrogen-bond acceptors (Lipinski definition) is 0. The van der Waals surface area contributed by atoms with Crippen molar-refractivity contribution in [2.45, 2.75) is 91.8 Å². The van der Waals surface area contributed by atoms with Crippen molar-refractivity contribution in [1.82, 2.24) is 0 Å². The lowest BCUT2D eigenvalue weighted by Crippen LogP contribution is -2.30. The summed E-state index contributed by atoms with van der Waals surface area (Å²) in [6, 6.07) is 17.0. The van der Waals surface area contributed by atoms with Crippen molar-refractivity contribution in [1.29, 1.82) is 0 Å². The van der Waals surface area contributed by atoms with Crippen molar-refractivity contribution >= 4 is 0 Å². The lowest BCUT2D eigenvalue weighted by molar-refractivity contribution is -0.660. The molecule has 0 saturated heterocycles. The van der Waals surface area contributed by atoms with Crippen LogP contribution in [0.1, 0.15) is 111 Å². The number of aryl methyl sites for hydroxylation is 2. The Morgan fingerprint density at radius 1 is 0.941 bits per heavy atom. The molecule has 0 unspecified atom stereocenters. The standard InChI is InChI=1S/C33H44N/c1-22(2)29-19-27(25-13-16-33(6,7)17-14-25)20-30(23(3)4)32(29)26-15-18-34(8)31(21-26)28-12-10-9-11-24(28)5/h9-12,15,18-23,25H,13-14,16-17H2,1-8H3/q+1/i22D,23D,25D. The molecule has 4 rings (SSSR count). The first kappa shape index (κ1) is 20.9. The zero-order chi connectivity index (χ0) is 27.4. The number of aromatic nitrogens is 1. The van der Waals surface area contributed by atoms with Crippen LogP contribution in [-0.4, -0.2) is 0 Å². The van der Waals surface area contributed by atoms with Crippen molar-refractivity contribution in [2.75, 3.05) is 0 Å². The largest absolute Gasteiger partial charge is 0.213 e. The maximum Gasteiger partial charge on any atom is 0.213 e. The van der Waals surface area contributed by atoms with Crippen LogP contribution in [0.3, 0.4) is 0 Å². The molecule has 1 nitrogen and oxygen atoms in total. The Hall–Kier alpha value is -2.41. The minimum absolute atomic E-state index is 0.269. The van der Waals surface area contributed by atoms with Gasteiger partial charge in [0, 0.05) is 21.8 Å². The van der Waals surface area contributed by atoms with E-state index in [2.05, 4.69) is 87.1 Å². The first-order valence-corrected chi connectivity index (χ1v) is 12.8. The lowest BCUT2D eigenvalue weighted by Gasteiger charge is -2.35. The highest BCUT2D eigenvalue weighted by Crippen LogP contribution is 2.45. The summed E-state index contributed by atoms with van der Waals surface area (Å²) >= 11 is 0. The molecule has 0 atom stereocenters. The van der Waals surface area contributed by atoms with Gasteiger partial charge < -0.3 is 0 Å². The van der Waals surface area contributed by atoms with Crippen LogP contribution in [0, 0.1) is 12.3 Å². The summed E-state index contributed by atoms with van der Waals surface area (Å²) < 4.78 is 30.0. The number of pyridine rings is 1. The predicted octanol–water partition coefficient (Wildman–Crippen LogP) is 9.08. The normalized spacial score (nSPS) is 19.2. The molecule has 1 aliphatic carbocycles. The maximum absolute atomic E-state index is 9.49. The van der Waals surface area contributed by atoms with Gasteiger partial charge in [0.05, 0.1) is 0 Å². The van der Waals surface area contributed by atoms with E-state index in [9.17, 15) is 1.37 Å². The Morgan fingerprint density at radius 3 is 2.09 bits per heavy atom. The zero-order valence-electron chi connectivity index (χ0n) is 25.5. The van der Waals surface area contributed by atoms with Gasteiger partial charge in [0.25, 0.3) is 0 Å². The third-order valence-corrected chi connectivity index (χ3v) is 7.69. The Morgan fingerprint density at radius 2 is 1.53 bits per heavy atom. The third-order valence-electron chi connectivity index (χ3n) is 7.69. The van der Waals surface area contributed by atoms with E-state index < -0.39 is 17.7 Å². The molecule has 1 saturated carbocycles. The van der Waals surface area contributed by atoms with E-state index in [1.54, 1.807) is 0 Å². The summed E-state index contributed by atoms with van der Waals surface area (Å²) in [5.41, 5.74) is 8.54. The van der Waals surface area contributed by atoms with Crippen molar-refractivity contribution in [3.05, 3.63) is 77.0 Å². The summed E-state index contributed by atoms with van der Waals surface area (Å²) in [4.78, 5) is 0. The average molecular weight is 458 g/mol. The van der Waals surface area contributed by atoms with Gasteiger partial charge in [-0.3, -0.25) is 0 Å². The number of nitrogens with zero attached hydrogens (tertiary/aromatic N) is 1. The van der Waals surface area contributed by atoms with E-state index in [0.717, 1.165) is 59.2 Å². The highest BCUT2D eigenvalue weighted by Gasteiger charge is 2.29. The van der Waals surface area contributed by atoms with E-state index in [0.29, 0.717) is 0 Å². The molecule has 0 aliphatic heterocycles. The second kappa shape index (κ2) is 9.68. The summed E-state index contributed by atoms with van der Waals surface area (Å²) in [5.74, 6) is -2.43. The number of rotatable bonds is 5. The molecule has 3 aromatic rings. The van der Waals surface area contributed by atoms with Crippen LogP contribution >= 0.6 is 0 Å². The average Bonchev–Trinajstić information content (AvgIpc) is 2.80. The van der Waals surface area contributed by atoms with Crippen LogP contribution in [0.15, 0.2) is 54.7 Å². The van der Waals surface area contributed by atoms with Gasteiger partial charge in [0.15, 0.2) is 6.20 Å². The second-order valence-corrected chi connectivity index (χ2v) is 11.4. The molecule has 0 N–H and O–H groups in total. The molecule has 1 fully saturated rings. The molecule has 1 aliphatic rings. The Kier molecular flexibility index (Phi) is 5.96. The van der Waals surface area contributed by atoms with Crippen LogP contribution in [-0.2, 0) is 7.05 Å². The van der Waals surface area contributed by atoms with Gasteiger partial charge in [-0.1, -0.05) is 71.9 Å². The molecular formula is C33H44N+. The van der Waals surface area contributed by atoms with Crippen LogP contribution in [0.25, 0.3) is 22.4 Å². The zero-order valence-corrected chi connectivity index (χ0v) is 22.5. The summed E-state index contributed by atoms with van der Waals surface area (Å²) in [6.07, 6.45) is 5.75. The quantitative estimate of drug-likeness (QED) is 0.336. The maximum atomic E-state index is 9.49. The smallest absolute Gasteiger partial charge is 0.201 e. The van der Waals surface area contributed by atoms with Crippen molar-refractivity contribution in [3.8, 4) is 22.4 Å². The van der Waals surface area contributed by atoms with Gasteiger partial charge in [-0.2, -0.15) is 0 Å². The van der Waals surface area contributed by atoms with E-state index in [4.69, 9.17) is 2.74 Å². The van der Waals surface area contributed by atoms with E-state index in [1.807, 2.05) is 27.7 Å². The number of hydrogen-bond donors (Lipinski definition) is 0. The first-order chi connectivity index (χ1) is 17.0. The molecule has 1 aromatic heterocycles. The Balaban J connectivity index is 1.99. The Bertz CT molecular complexity index is 1260. The van der Waals surface area contributed by atoms with Crippen LogP contribution in [0.2, 0.25) is 0 Å². The fourth-order valence-electron chi connectivity index (χ4n) is 5.32. The molecule has 0 amide bonds. The molecule has 1 heterocycles. The SMILES string of the molecule is [2H]C(C)(C)c1cc(C2([2H])CCC(C)(C)CC2)cc(C([2H])(C)C)c1-c1cc[n+](C)c(-c2ccccc2C)c1.